The predicted molar refractivity (Wildman–Crippen MR) is 53.9 cm³/mol. The molecule has 0 aliphatic carbocycles. The highest BCUT2D eigenvalue weighted by Crippen LogP contribution is 1.50. The number of ketones is 1. The van der Waals surface area contributed by atoms with E-state index in [4.69, 9.17) is 9.90 Å². The molecular formula is C9H21NO3. The zero-order valence-corrected chi connectivity index (χ0v) is 9.18. The molecule has 0 spiro atoms. The summed E-state index contributed by atoms with van der Waals surface area (Å²) in [6.07, 6.45) is 0. The molecule has 0 rings (SSSR count). The summed E-state index contributed by atoms with van der Waals surface area (Å²) in [4.78, 5) is 18.4. The molecule has 0 aromatic carbocycles. The molecule has 0 amide bonds. The lowest BCUT2D eigenvalue weighted by Crippen LogP contribution is -2.09. The zero-order valence-electron chi connectivity index (χ0n) is 9.18. The lowest BCUT2D eigenvalue weighted by molar-refractivity contribution is -0.134. The molecule has 0 aromatic heterocycles. The number of carbonyl (C=O) groups is 2. The van der Waals surface area contributed by atoms with Gasteiger partial charge in [0.25, 0.3) is 5.97 Å². The van der Waals surface area contributed by atoms with Crippen molar-refractivity contribution in [3.05, 3.63) is 0 Å². The van der Waals surface area contributed by atoms with Crippen LogP contribution in [0.1, 0.15) is 34.6 Å². The third-order valence-corrected chi connectivity index (χ3v) is 0.500. The summed E-state index contributed by atoms with van der Waals surface area (Å²) in [5.41, 5.74) is 0. The van der Waals surface area contributed by atoms with Crippen LogP contribution in [0.4, 0.5) is 0 Å². The molecule has 0 unspecified atom stereocenters. The monoisotopic (exact) mass is 191 g/mol. The number of rotatable bonds is 2. The largest absolute Gasteiger partial charge is 0.481 e. The second kappa shape index (κ2) is 17.3. The highest BCUT2D eigenvalue weighted by atomic mass is 16.4. The molecule has 0 aliphatic rings. The van der Waals surface area contributed by atoms with Crippen molar-refractivity contribution in [3.8, 4) is 0 Å². The Kier molecular flexibility index (Phi) is 23.9. The molecule has 80 valence electrons. The number of hydrogen-bond donors (Lipinski definition) is 2. The highest BCUT2D eigenvalue weighted by molar-refractivity contribution is 5.72. The summed E-state index contributed by atoms with van der Waals surface area (Å²) in [5, 5.41) is 10.5. The average Bonchev–Trinajstić information content (AvgIpc) is 1.86. The van der Waals surface area contributed by atoms with E-state index in [0.717, 1.165) is 20.0 Å². The number of hydrogen-bond acceptors (Lipinski definition) is 3. The van der Waals surface area contributed by atoms with E-state index in [2.05, 4.69) is 19.2 Å². The fraction of sp³-hybridized carbons (Fsp3) is 0.778. The minimum absolute atomic E-state index is 0.167. The normalized spacial score (nSPS) is 7.15. The van der Waals surface area contributed by atoms with Crippen molar-refractivity contribution in [2.45, 2.75) is 34.6 Å². The molecule has 0 heterocycles. The van der Waals surface area contributed by atoms with Gasteiger partial charge in [0, 0.05) is 6.92 Å². The Bertz CT molecular complexity index is 102. The van der Waals surface area contributed by atoms with Crippen LogP contribution in [0.25, 0.3) is 0 Å². The van der Waals surface area contributed by atoms with Gasteiger partial charge < -0.3 is 15.2 Å². The number of Topliss-reactive ketones (excluding diaryl/α,β-unsaturated/α-hetero) is 1. The first-order chi connectivity index (χ1) is 5.88. The fourth-order valence-corrected chi connectivity index (χ4v) is 0.250. The topological polar surface area (TPSA) is 66.4 Å². The summed E-state index contributed by atoms with van der Waals surface area (Å²) in [6, 6.07) is 0. The maximum absolute atomic E-state index is 9.44. The summed E-state index contributed by atoms with van der Waals surface area (Å²) >= 11 is 0. The first-order valence-electron chi connectivity index (χ1n) is 4.25. The number of carboxylic acid groups (broad SMARTS) is 1. The van der Waals surface area contributed by atoms with Crippen molar-refractivity contribution < 1.29 is 14.7 Å². The lowest BCUT2D eigenvalue weighted by atomic mass is 10.6. The quantitative estimate of drug-likeness (QED) is 0.690. The molecule has 0 aliphatic heterocycles. The van der Waals surface area contributed by atoms with Gasteiger partial charge in [-0.3, -0.25) is 4.79 Å². The Balaban J connectivity index is -0.000000117. The molecule has 4 nitrogen and oxygen atoms in total. The predicted octanol–water partition coefficient (Wildman–Crippen LogP) is 1.30. The van der Waals surface area contributed by atoms with Gasteiger partial charge in [-0.05, 0) is 26.9 Å². The Labute approximate surface area is 80.3 Å². The first-order valence-corrected chi connectivity index (χ1v) is 4.25. The van der Waals surface area contributed by atoms with Gasteiger partial charge in [0.05, 0.1) is 0 Å². The van der Waals surface area contributed by atoms with Crippen molar-refractivity contribution >= 4 is 11.8 Å². The van der Waals surface area contributed by atoms with Gasteiger partial charge in [0.1, 0.15) is 5.78 Å². The van der Waals surface area contributed by atoms with Crippen LogP contribution in [0.3, 0.4) is 0 Å². The number of nitrogens with one attached hydrogen (secondary N) is 1. The van der Waals surface area contributed by atoms with E-state index in [0.29, 0.717) is 0 Å². The van der Waals surface area contributed by atoms with Gasteiger partial charge in [-0.25, -0.2) is 0 Å². The number of carboxylic acids is 1. The SMILES string of the molecule is CC(=O)O.CC(C)=O.CCNCC. The molecule has 0 fully saturated rings. The minimum Gasteiger partial charge on any atom is -0.481 e. The van der Waals surface area contributed by atoms with E-state index < -0.39 is 5.97 Å². The molecule has 0 saturated carbocycles. The lowest BCUT2D eigenvalue weighted by Gasteiger charge is -1.86. The van der Waals surface area contributed by atoms with Crippen molar-refractivity contribution in [2.75, 3.05) is 13.1 Å². The molecule has 0 aromatic rings. The smallest absolute Gasteiger partial charge is 0.300 e. The number of aliphatic carboxylic acids is 1. The van der Waals surface area contributed by atoms with Gasteiger partial charge in [0.2, 0.25) is 0 Å². The maximum Gasteiger partial charge on any atom is 0.300 e. The summed E-state index contributed by atoms with van der Waals surface area (Å²) < 4.78 is 0. The van der Waals surface area contributed by atoms with Crippen LogP contribution in [0, 0.1) is 0 Å². The van der Waals surface area contributed by atoms with Crippen LogP contribution in [0.2, 0.25) is 0 Å². The highest BCUT2D eigenvalue weighted by Gasteiger charge is 1.65. The van der Waals surface area contributed by atoms with Gasteiger partial charge >= 0.3 is 0 Å². The van der Waals surface area contributed by atoms with Gasteiger partial charge in [-0.1, -0.05) is 13.8 Å². The van der Waals surface area contributed by atoms with E-state index >= 15 is 0 Å². The van der Waals surface area contributed by atoms with E-state index in [1.807, 2.05) is 0 Å². The van der Waals surface area contributed by atoms with Gasteiger partial charge in [-0.2, -0.15) is 0 Å². The molecule has 13 heavy (non-hydrogen) atoms. The van der Waals surface area contributed by atoms with E-state index in [9.17, 15) is 4.79 Å². The van der Waals surface area contributed by atoms with Crippen molar-refractivity contribution in [3.63, 3.8) is 0 Å². The fourth-order valence-electron chi connectivity index (χ4n) is 0.250. The first kappa shape index (κ1) is 18.0. The number of carbonyl (C=O) groups excluding carboxylic acids is 1. The van der Waals surface area contributed by atoms with Crippen LogP contribution in [-0.2, 0) is 9.59 Å². The van der Waals surface area contributed by atoms with E-state index in [1.165, 1.54) is 13.8 Å². The average molecular weight is 191 g/mol. The second-order valence-corrected chi connectivity index (χ2v) is 2.38. The van der Waals surface area contributed by atoms with Gasteiger partial charge in [0.15, 0.2) is 0 Å². The summed E-state index contributed by atoms with van der Waals surface area (Å²) in [6.45, 7) is 10.5. The molecule has 0 bridgehead atoms. The van der Waals surface area contributed by atoms with Crippen LogP contribution in [0.5, 0.6) is 0 Å². The maximum atomic E-state index is 9.44. The van der Waals surface area contributed by atoms with Gasteiger partial charge in [-0.15, -0.1) is 0 Å². The Morgan fingerprint density at radius 3 is 1.23 bits per heavy atom. The molecule has 4 heteroatoms. The third-order valence-electron chi connectivity index (χ3n) is 0.500. The van der Waals surface area contributed by atoms with Crippen LogP contribution in [-0.4, -0.2) is 29.9 Å². The Morgan fingerprint density at radius 2 is 1.23 bits per heavy atom. The van der Waals surface area contributed by atoms with E-state index in [1.54, 1.807) is 0 Å². The second-order valence-electron chi connectivity index (χ2n) is 2.38. The Morgan fingerprint density at radius 1 is 1.08 bits per heavy atom. The van der Waals surface area contributed by atoms with Crippen molar-refractivity contribution in [1.82, 2.24) is 5.32 Å². The van der Waals surface area contributed by atoms with E-state index in [-0.39, 0.29) is 5.78 Å². The van der Waals surface area contributed by atoms with Crippen molar-refractivity contribution in [1.29, 1.82) is 0 Å². The van der Waals surface area contributed by atoms with Crippen molar-refractivity contribution in [2.24, 2.45) is 0 Å². The van der Waals surface area contributed by atoms with Crippen LogP contribution >= 0.6 is 0 Å². The summed E-state index contributed by atoms with van der Waals surface area (Å²) in [5.74, 6) is -0.667. The minimum atomic E-state index is -0.833. The third kappa shape index (κ3) is 760. The molecule has 0 radical (unpaired) electrons. The molecule has 2 N–H and O–H groups in total. The summed E-state index contributed by atoms with van der Waals surface area (Å²) in [7, 11) is 0. The molecule has 0 atom stereocenters. The standard InChI is InChI=1S/C4H11N.C3H6O.C2H4O2/c1-3-5-4-2;1-3(2)4;1-2(3)4/h5H,3-4H2,1-2H3;1-2H3;1H3,(H,3,4). The molecule has 0 saturated heterocycles. The zero-order chi connectivity index (χ0) is 11.3. The van der Waals surface area contributed by atoms with Crippen LogP contribution in [0.15, 0.2) is 0 Å². The Hall–Kier alpha value is -0.900. The molecular weight excluding hydrogens is 170 g/mol. The van der Waals surface area contributed by atoms with Crippen LogP contribution < -0.4 is 5.32 Å².